The number of ether oxygens (including phenoxy) is 3. The third-order valence-corrected chi connectivity index (χ3v) is 4.22. The van der Waals surface area contributed by atoms with E-state index in [0.29, 0.717) is 40.7 Å². The Labute approximate surface area is 156 Å². The van der Waals surface area contributed by atoms with Gasteiger partial charge >= 0.3 is 0 Å². The van der Waals surface area contributed by atoms with Crippen LogP contribution in [0.2, 0.25) is 0 Å². The van der Waals surface area contributed by atoms with Gasteiger partial charge in [-0.05, 0) is 37.3 Å². The van der Waals surface area contributed by atoms with Crippen LogP contribution in [-0.4, -0.2) is 31.8 Å². The molecule has 0 aromatic heterocycles. The van der Waals surface area contributed by atoms with Crippen LogP contribution >= 0.6 is 0 Å². The smallest absolute Gasteiger partial charge is 0.265 e. The van der Waals surface area contributed by atoms with E-state index in [2.05, 4.69) is 11.9 Å². The molecule has 0 spiro atoms. The van der Waals surface area contributed by atoms with Crippen molar-refractivity contribution in [2.24, 2.45) is 0 Å². The second kappa shape index (κ2) is 6.68. The standard InChI is InChI=1S/C20H18N2O5/c1-12(2)9-22-15-5-4-14(8-17(15)25-10-19(22)23)21-20(24)13-3-6-16-18(7-13)27-11-26-16/h3-8H,1,9-11H2,2H3,(H,21,24). The summed E-state index contributed by atoms with van der Waals surface area (Å²) in [5.74, 6) is 1.31. The molecular formula is C20H18N2O5. The van der Waals surface area contributed by atoms with Crippen molar-refractivity contribution in [1.82, 2.24) is 0 Å². The molecule has 0 saturated heterocycles. The molecular weight excluding hydrogens is 348 g/mol. The summed E-state index contributed by atoms with van der Waals surface area (Å²) >= 11 is 0. The Morgan fingerprint density at radius 1 is 1.11 bits per heavy atom. The van der Waals surface area contributed by atoms with Crippen LogP contribution in [0, 0.1) is 0 Å². The van der Waals surface area contributed by atoms with E-state index in [4.69, 9.17) is 14.2 Å². The predicted molar refractivity (Wildman–Crippen MR) is 99.6 cm³/mol. The largest absolute Gasteiger partial charge is 0.481 e. The number of carbonyl (C=O) groups excluding carboxylic acids is 2. The van der Waals surface area contributed by atoms with Gasteiger partial charge in [0.15, 0.2) is 18.1 Å². The van der Waals surface area contributed by atoms with E-state index in [1.807, 2.05) is 6.92 Å². The minimum Gasteiger partial charge on any atom is -0.481 e. The molecule has 2 aromatic rings. The molecule has 0 unspecified atom stereocenters. The van der Waals surface area contributed by atoms with E-state index in [1.165, 1.54) is 0 Å². The number of nitrogens with zero attached hydrogens (tertiary/aromatic N) is 1. The summed E-state index contributed by atoms with van der Waals surface area (Å²) in [6.45, 7) is 6.27. The molecule has 0 atom stereocenters. The Morgan fingerprint density at radius 3 is 2.74 bits per heavy atom. The topological polar surface area (TPSA) is 77.1 Å². The molecule has 7 heteroatoms. The average Bonchev–Trinajstić information content (AvgIpc) is 3.11. The van der Waals surface area contributed by atoms with Crippen molar-refractivity contribution in [1.29, 1.82) is 0 Å². The first-order chi connectivity index (χ1) is 13.0. The number of nitrogens with one attached hydrogen (secondary N) is 1. The van der Waals surface area contributed by atoms with E-state index in [9.17, 15) is 9.59 Å². The summed E-state index contributed by atoms with van der Waals surface area (Å²) in [4.78, 5) is 26.3. The zero-order valence-electron chi connectivity index (χ0n) is 14.8. The fourth-order valence-corrected chi connectivity index (χ4v) is 2.97. The van der Waals surface area contributed by atoms with Crippen molar-refractivity contribution in [2.75, 3.05) is 30.2 Å². The van der Waals surface area contributed by atoms with Crippen LogP contribution < -0.4 is 24.4 Å². The summed E-state index contributed by atoms with van der Waals surface area (Å²) in [5.41, 5.74) is 2.56. The lowest BCUT2D eigenvalue weighted by atomic mass is 10.1. The first kappa shape index (κ1) is 17.0. The number of anilines is 2. The van der Waals surface area contributed by atoms with Crippen molar-refractivity contribution >= 4 is 23.2 Å². The highest BCUT2D eigenvalue weighted by molar-refractivity contribution is 6.05. The van der Waals surface area contributed by atoms with E-state index in [-0.39, 0.29) is 25.2 Å². The van der Waals surface area contributed by atoms with Gasteiger partial charge in [-0.15, -0.1) is 0 Å². The van der Waals surface area contributed by atoms with Gasteiger partial charge in [0.2, 0.25) is 6.79 Å². The Bertz CT molecular complexity index is 953. The number of amides is 2. The quantitative estimate of drug-likeness (QED) is 0.842. The highest BCUT2D eigenvalue weighted by atomic mass is 16.7. The number of hydrogen-bond donors (Lipinski definition) is 1. The van der Waals surface area contributed by atoms with Gasteiger partial charge in [-0.3, -0.25) is 9.59 Å². The molecule has 4 rings (SSSR count). The molecule has 2 heterocycles. The van der Waals surface area contributed by atoms with Crippen LogP contribution in [-0.2, 0) is 4.79 Å². The highest BCUT2D eigenvalue weighted by Crippen LogP contribution is 2.36. The zero-order chi connectivity index (χ0) is 19.0. The zero-order valence-corrected chi connectivity index (χ0v) is 14.8. The number of fused-ring (bicyclic) bond motifs is 2. The molecule has 7 nitrogen and oxygen atoms in total. The van der Waals surface area contributed by atoms with Gasteiger partial charge in [0.05, 0.1) is 5.69 Å². The minimum atomic E-state index is -0.279. The summed E-state index contributed by atoms with van der Waals surface area (Å²) in [7, 11) is 0. The van der Waals surface area contributed by atoms with E-state index in [0.717, 1.165) is 5.57 Å². The lowest BCUT2D eigenvalue weighted by molar-refractivity contribution is -0.121. The van der Waals surface area contributed by atoms with E-state index >= 15 is 0 Å². The van der Waals surface area contributed by atoms with Crippen LogP contribution in [0.5, 0.6) is 17.2 Å². The van der Waals surface area contributed by atoms with Crippen LogP contribution in [0.4, 0.5) is 11.4 Å². The molecule has 2 aliphatic rings. The number of carbonyl (C=O) groups is 2. The SMILES string of the molecule is C=C(C)CN1C(=O)COc2cc(NC(=O)c3ccc4c(c3)OCO4)ccc21. The van der Waals surface area contributed by atoms with E-state index < -0.39 is 0 Å². The average molecular weight is 366 g/mol. The van der Waals surface area contributed by atoms with Crippen LogP contribution in [0.25, 0.3) is 0 Å². The second-order valence-corrected chi connectivity index (χ2v) is 6.43. The van der Waals surface area contributed by atoms with Crippen LogP contribution in [0.15, 0.2) is 48.6 Å². The predicted octanol–water partition coefficient (Wildman–Crippen LogP) is 2.97. The van der Waals surface area contributed by atoms with Gasteiger partial charge in [-0.25, -0.2) is 0 Å². The van der Waals surface area contributed by atoms with Gasteiger partial charge in [-0.1, -0.05) is 12.2 Å². The summed E-state index contributed by atoms with van der Waals surface area (Å²) in [6, 6.07) is 10.2. The maximum atomic E-state index is 12.5. The Hall–Kier alpha value is -3.48. The van der Waals surface area contributed by atoms with Crippen molar-refractivity contribution in [3.63, 3.8) is 0 Å². The molecule has 2 amide bonds. The molecule has 138 valence electrons. The van der Waals surface area contributed by atoms with Gasteiger partial charge in [0.1, 0.15) is 5.75 Å². The Kier molecular flexibility index (Phi) is 4.19. The van der Waals surface area contributed by atoms with Crippen LogP contribution in [0.1, 0.15) is 17.3 Å². The summed E-state index contributed by atoms with van der Waals surface area (Å²) < 4.78 is 16.1. The summed E-state index contributed by atoms with van der Waals surface area (Å²) in [6.07, 6.45) is 0. The second-order valence-electron chi connectivity index (χ2n) is 6.43. The molecule has 27 heavy (non-hydrogen) atoms. The Balaban J connectivity index is 1.54. The molecule has 0 radical (unpaired) electrons. The molecule has 1 N–H and O–H groups in total. The lowest BCUT2D eigenvalue weighted by Crippen LogP contribution is -2.39. The summed E-state index contributed by atoms with van der Waals surface area (Å²) in [5, 5.41) is 2.83. The minimum absolute atomic E-state index is 0.0418. The molecule has 2 aromatic carbocycles. The fourth-order valence-electron chi connectivity index (χ4n) is 2.97. The third-order valence-electron chi connectivity index (χ3n) is 4.22. The fraction of sp³-hybridized carbons (Fsp3) is 0.200. The maximum Gasteiger partial charge on any atom is 0.265 e. The van der Waals surface area contributed by atoms with Crippen molar-refractivity contribution in [3.05, 3.63) is 54.1 Å². The number of hydrogen-bond acceptors (Lipinski definition) is 5. The number of rotatable bonds is 4. The highest BCUT2D eigenvalue weighted by Gasteiger charge is 2.26. The molecule has 0 bridgehead atoms. The number of benzene rings is 2. The maximum absolute atomic E-state index is 12.5. The molecule has 2 aliphatic heterocycles. The molecule has 0 saturated carbocycles. The first-order valence-corrected chi connectivity index (χ1v) is 8.44. The van der Waals surface area contributed by atoms with Gasteiger partial charge < -0.3 is 24.4 Å². The Morgan fingerprint density at radius 2 is 1.93 bits per heavy atom. The van der Waals surface area contributed by atoms with Crippen molar-refractivity contribution in [3.8, 4) is 17.2 Å². The molecule has 0 aliphatic carbocycles. The van der Waals surface area contributed by atoms with Gasteiger partial charge in [-0.2, -0.15) is 0 Å². The van der Waals surface area contributed by atoms with Crippen molar-refractivity contribution in [2.45, 2.75) is 6.92 Å². The van der Waals surface area contributed by atoms with Gasteiger partial charge in [0.25, 0.3) is 11.8 Å². The monoisotopic (exact) mass is 366 g/mol. The third kappa shape index (κ3) is 3.31. The first-order valence-electron chi connectivity index (χ1n) is 8.44. The van der Waals surface area contributed by atoms with Crippen LogP contribution in [0.3, 0.4) is 0 Å². The van der Waals surface area contributed by atoms with E-state index in [1.54, 1.807) is 41.3 Å². The lowest BCUT2D eigenvalue weighted by Gasteiger charge is -2.29. The normalized spacial score (nSPS) is 14.4. The van der Waals surface area contributed by atoms with Gasteiger partial charge in [0, 0.05) is 23.9 Å². The van der Waals surface area contributed by atoms with Crippen molar-refractivity contribution < 1.29 is 23.8 Å². The molecule has 0 fully saturated rings.